The summed E-state index contributed by atoms with van der Waals surface area (Å²) >= 11 is 1.73. The van der Waals surface area contributed by atoms with Crippen molar-refractivity contribution in [2.24, 2.45) is 0 Å². The molecular formula is C8H6F2INO3. The maximum absolute atomic E-state index is 12.6. The smallest absolute Gasteiger partial charge is 0.336 e. The molecule has 1 aromatic heterocycles. The summed E-state index contributed by atoms with van der Waals surface area (Å²) < 4.78 is 30.1. The van der Waals surface area contributed by atoms with E-state index in [0.29, 0.717) is 0 Å². The Morgan fingerprint density at radius 3 is 2.67 bits per heavy atom. The first-order chi connectivity index (χ1) is 6.97. The van der Waals surface area contributed by atoms with E-state index in [9.17, 15) is 13.6 Å². The molecule has 1 N–H and O–H groups in total. The average molecular weight is 329 g/mol. The van der Waals surface area contributed by atoms with Crippen molar-refractivity contribution in [3.05, 3.63) is 20.9 Å². The molecule has 1 aromatic rings. The van der Waals surface area contributed by atoms with Gasteiger partial charge in [-0.15, -0.1) is 0 Å². The quantitative estimate of drug-likeness (QED) is 0.683. The maximum Gasteiger partial charge on any atom is 0.336 e. The molecule has 0 fully saturated rings. The van der Waals surface area contributed by atoms with Crippen LogP contribution in [-0.4, -0.2) is 23.2 Å². The van der Waals surface area contributed by atoms with Crippen LogP contribution in [0.3, 0.4) is 0 Å². The van der Waals surface area contributed by atoms with Crippen LogP contribution in [0.25, 0.3) is 0 Å². The molecule has 0 saturated carbocycles. The number of pyridine rings is 1. The SMILES string of the molecule is COc1nc(I)cc(C(=O)O)c1C(F)F. The third kappa shape index (κ3) is 2.52. The summed E-state index contributed by atoms with van der Waals surface area (Å²) in [7, 11) is 1.16. The maximum atomic E-state index is 12.6. The van der Waals surface area contributed by atoms with Crippen LogP contribution in [0.2, 0.25) is 0 Å². The Kier molecular flexibility index (Phi) is 3.77. The molecular weight excluding hydrogens is 323 g/mol. The van der Waals surface area contributed by atoms with Gasteiger partial charge in [0.15, 0.2) is 0 Å². The van der Waals surface area contributed by atoms with Crippen LogP contribution in [0.15, 0.2) is 6.07 Å². The van der Waals surface area contributed by atoms with E-state index in [0.717, 1.165) is 13.2 Å². The van der Waals surface area contributed by atoms with Gasteiger partial charge in [-0.25, -0.2) is 18.6 Å². The molecule has 0 amide bonds. The van der Waals surface area contributed by atoms with Crippen LogP contribution < -0.4 is 4.74 Å². The van der Waals surface area contributed by atoms with Crippen LogP contribution in [0, 0.1) is 3.70 Å². The number of rotatable bonds is 3. The molecule has 1 rings (SSSR count). The van der Waals surface area contributed by atoms with Gasteiger partial charge in [-0.1, -0.05) is 0 Å². The van der Waals surface area contributed by atoms with Crippen molar-refractivity contribution in [1.29, 1.82) is 0 Å². The van der Waals surface area contributed by atoms with Crippen LogP contribution in [0.1, 0.15) is 22.3 Å². The number of nitrogens with zero attached hydrogens (tertiary/aromatic N) is 1. The Labute approximate surface area is 97.4 Å². The average Bonchev–Trinajstić information content (AvgIpc) is 2.15. The standard InChI is InChI=1S/C8H6F2INO3/c1-15-7-5(6(9)10)3(8(13)14)2-4(11)12-7/h2,6H,1H3,(H,13,14). The zero-order valence-corrected chi connectivity index (χ0v) is 9.66. The number of hydrogen-bond acceptors (Lipinski definition) is 3. The molecule has 0 saturated heterocycles. The van der Waals surface area contributed by atoms with Crippen molar-refractivity contribution in [3.8, 4) is 5.88 Å². The lowest BCUT2D eigenvalue weighted by atomic mass is 10.1. The van der Waals surface area contributed by atoms with Crippen molar-refractivity contribution in [2.45, 2.75) is 6.43 Å². The predicted octanol–water partition coefficient (Wildman–Crippen LogP) is 2.33. The molecule has 0 aliphatic carbocycles. The Morgan fingerprint density at radius 2 is 2.27 bits per heavy atom. The Morgan fingerprint density at radius 1 is 1.67 bits per heavy atom. The molecule has 0 aromatic carbocycles. The van der Waals surface area contributed by atoms with Crippen molar-refractivity contribution < 1.29 is 23.4 Å². The summed E-state index contributed by atoms with van der Waals surface area (Å²) in [6, 6.07) is 1.08. The molecule has 82 valence electrons. The zero-order chi connectivity index (χ0) is 11.6. The molecule has 0 aliphatic rings. The third-order valence-electron chi connectivity index (χ3n) is 1.63. The molecule has 15 heavy (non-hydrogen) atoms. The number of aromatic nitrogens is 1. The number of carboxylic acids is 1. The number of ether oxygens (including phenoxy) is 1. The predicted molar refractivity (Wildman–Crippen MR) is 55.4 cm³/mol. The first-order valence-corrected chi connectivity index (χ1v) is 4.81. The fourth-order valence-electron chi connectivity index (χ4n) is 1.04. The molecule has 0 aliphatic heterocycles. The first-order valence-electron chi connectivity index (χ1n) is 3.73. The Balaban J connectivity index is 3.47. The van der Waals surface area contributed by atoms with Crippen LogP contribution in [-0.2, 0) is 0 Å². The summed E-state index contributed by atoms with van der Waals surface area (Å²) in [5.41, 5.74) is -1.17. The van der Waals surface area contributed by atoms with E-state index in [-0.39, 0.29) is 9.58 Å². The summed E-state index contributed by atoms with van der Waals surface area (Å²) in [5, 5.41) is 8.74. The summed E-state index contributed by atoms with van der Waals surface area (Å²) in [4.78, 5) is 14.4. The van der Waals surface area contributed by atoms with Crippen LogP contribution in [0.4, 0.5) is 8.78 Å². The van der Waals surface area contributed by atoms with E-state index in [1.54, 1.807) is 22.6 Å². The second kappa shape index (κ2) is 4.69. The number of alkyl halides is 2. The molecule has 0 atom stereocenters. The lowest BCUT2D eigenvalue weighted by Gasteiger charge is -2.10. The second-order valence-corrected chi connectivity index (χ2v) is 3.63. The minimum atomic E-state index is -2.93. The molecule has 0 bridgehead atoms. The molecule has 0 unspecified atom stereocenters. The van der Waals surface area contributed by atoms with Crippen molar-refractivity contribution in [1.82, 2.24) is 4.98 Å². The number of carbonyl (C=O) groups is 1. The number of halogens is 3. The van der Waals surface area contributed by atoms with Gasteiger partial charge in [0, 0.05) is 0 Å². The fraction of sp³-hybridized carbons (Fsp3) is 0.250. The van der Waals surface area contributed by atoms with E-state index in [4.69, 9.17) is 5.11 Å². The fourth-order valence-corrected chi connectivity index (χ4v) is 1.58. The number of aromatic carboxylic acids is 1. The van der Waals surface area contributed by atoms with Gasteiger partial charge < -0.3 is 9.84 Å². The van der Waals surface area contributed by atoms with E-state index < -0.39 is 23.5 Å². The topological polar surface area (TPSA) is 59.4 Å². The highest BCUT2D eigenvalue weighted by molar-refractivity contribution is 14.1. The highest BCUT2D eigenvalue weighted by Gasteiger charge is 2.24. The molecule has 1 heterocycles. The van der Waals surface area contributed by atoms with Crippen molar-refractivity contribution >= 4 is 28.6 Å². The van der Waals surface area contributed by atoms with Gasteiger partial charge in [0.25, 0.3) is 6.43 Å². The lowest BCUT2D eigenvalue weighted by Crippen LogP contribution is -2.08. The monoisotopic (exact) mass is 329 g/mol. The van der Waals surface area contributed by atoms with Gasteiger partial charge in [0.1, 0.15) is 3.70 Å². The van der Waals surface area contributed by atoms with Gasteiger partial charge >= 0.3 is 5.97 Å². The summed E-state index contributed by atoms with van der Waals surface area (Å²) in [6.45, 7) is 0. The normalized spacial score (nSPS) is 10.5. The summed E-state index contributed by atoms with van der Waals surface area (Å²) in [6.07, 6.45) is -2.93. The largest absolute Gasteiger partial charge is 0.481 e. The molecule has 4 nitrogen and oxygen atoms in total. The van der Waals surface area contributed by atoms with Gasteiger partial charge in [-0.05, 0) is 28.7 Å². The Bertz CT molecular complexity index is 398. The van der Waals surface area contributed by atoms with Gasteiger partial charge in [-0.3, -0.25) is 0 Å². The van der Waals surface area contributed by atoms with E-state index >= 15 is 0 Å². The van der Waals surface area contributed by atoms with Crippen LogP contribution in [0.5, 0.6) is 5.88 Å². The first kappa shape index (κ1) is 12.1. The van der Waals surface area contributed by atoms with Crippen molar-refractivity contribution in [2.75, 3.05) is 7.11 Å². The van der Waals surface area contributed by atoms with Gasteiger partial charge in [-0.2, -0.15) is 0 Å². The van der Waals surface area contributed by atoms with E-state index in [1.165, 1.54) is 0 Å². The highest BCUT2D eigenvalue weighted by Crippen LogP contribution is 2.31. The molecule has 7 heteroatoms. The van der Waals surface area contributed by atoms with E-state index in [2.05, 4.69) is 9.72 Å². The minimum absolute atomic E-state index is 0.284. The van der Waals surface area contributed by atoms with Gasteiger partial charge in [0.05, 0.1) is 18.2 Å². The Hall–Kier alpha value is -0.990. The minimum Gasteiger partial charge on any atom is -0.481 e. The summed E-state index contributed by atoms with van der Waals surface area (Å²) in [5.74, 6) is -1.78. The van der Waals surface area contributed by atoms with Gasteiger partial charge in [0.2, 0.25) is 5.88 Å². The second-order valence-electron chi connectivity index (χ2n) is 2.52. The number of hydrogen-bond donors (Lipinski definition) is 1. The molecule has 0 spiro atoms. The number of methoxy groups -OCH3 is 1. The molecule has 0 radical (unpaired) electrons. The third-order valence-corrected chi connectivity index (χ3v) is 2.19. The lowest BCUT2D eigenvalue weighted by molar-refractivity contribution is 0.0682. The number of carboxylic acid groups (broad SMARTS) is 1. The van der Waals surface area contributed by atoms with E-state index in [1.807, 2.05) is 0 Å². The highest BCUT2D eigenvalue weighted by atomic mass is 127. The van der Waals surface area contributed by atoms with Crippen molar-refractivity contribution in [3.63, 3.8) is 0 Å². The van der Waals surface area contributed by atoms with Crippen LogP contribution >= 0.6 is 22.6 Å². The zero-order valence-electron chi connectivity index (χ0n) is 7.50.